The van der Waals surface area contributed by atoms with Crippen molar-refractivity contribution in [1.29, 1.82) is 5.26 Å². The predicted octanol–water partition coefficient (Wildman–Crippen LogP) is 3.62. The predicted molar refractivity (Wildman–Crippen MR) is 69.2 cm³/mol. The molecule has 1 aromatic carbocycles. The van der Waals surface area contributed by atoms with Crippen LogP contribution in [0.5, 0.6) is 0 Å². The van der Waals surface area contributed by atoms with Crippen LogP contribution < -0.4 is 0 Å². The van der Waals surface area contributed by atoms with Crippen LogP contribution in [-0.2, 0) is 6.18 Å². The van der Waals surface area contributed by atoms with Crippen LogP contribution in [0.25, 0.3) is 22.4 Å². The molecule has 0 radical (unpaired) electrons. The number of aromatic amines is 1. The Morgan fingerprint density at radius 2 is 1.95 bits per heavy atom. The summed E-state index contributed by atoms with van der Waals surface area (Å²) in [6, 6.07) is 6.64. The van der Waals surface area contributed by atoms with Crippen molar-refractivity contribution in [3.8, 4) is 28.5 Å². The highest BCUT2D eigenvalue weighted by molar-refractivity contribution is 5.83. The Balaban J connectivity index is 2.27. The lowest BCUT2D eigenvalue weighted by Crippen LogP contribution is -2.05. The van der Waals surface area contributed by atoms with Crippen LogP contribution in [0.15, 0.2) is 41.2 Å². The topological polar surface area (TPSA) is 78.5 Å². The van der Waals surface area contributed by atoms with Gasteiger partial charge in [-0.15, -0.1) is 5.10 Å². The van der Waals surface area contributed by atoms with E-state index in [0.717, 1.165) is 12.1 Å². The summed E-state index contributed by atoms with van der Waals surface area (Å²) >= 11 is 0. The molecule has 2 aromatic heterocycles. The smallest absolute Gasteiger partial charge is 0.416 e. The Bertz CT molecular complexity index is 844. The van der Waals surface area contributed by atoms with Crippen molar-refractivity contribution in [2.45, 2.75) is 6.18 Å². The van der Waals surface area contributed by atoms with Crippen LogP contribution in [0.1, 0.15) is 11.3 Å². The number of hydrogen-bond donors (Lipinski definition) is 1. The molecule has 0 fully saturated rings. The molecule has 0 spiro atoms. The molecule has 5 nitrogen and oxygen atoms in total. The SMILES string of the molecule is N#Cc1n[nH]nc1-c1cc(C(F)(F)F)ccc1-c1ccoc1. The molecule has 0 saturated carbocycles. The molecule has 0 aliphatic carbocycles. The second-order valence-corrected chi connectivity index (χ2v) is 4.40. The number of furan rings is 1. The minimum Gasteiger partial charge on any atom is -0.472 e. The van der Waals surface area contributed by atoms with E-state index in [0.29, 0.717) is 11.1 Å². The molecule has 8 heteroatoms. The zero-order valence-corrected chi connectivity index (χ0v) is 10.8. The molecule has 0 bridgehead atoms. The summed E-state index contributed by atoms with van der Waals surface area (Å²) in [6.45, 7) is 0. The molecule has 0 atom stereocenters. The van der Waals surface area contributed by atoms with E-state index in [1.165, 1.54) is 18.6 Å². The van der Waals surface area contributed by atoms with Crippen LogP contribution in [0.3, 0.4) is 0 Å². The van der Waals surface area contributed by atoms with Gasteiger partial charge in [0.25, 0.3) is 0 Å². The van der Waals surface area contributed by atoms with Crippen molar-refractivity contribution in [3.05, 3.63) is 48.0 Å². The van der Waals surface area contributed by atoms with Gasteiger partial charge in [-0.2, -0.15) is 28.7 Å². The molecule has 0 aliphatic heterocycles. The second kappa shape index (κ2) is 5.04. The first-order chi connectivity index (χ1) is 10.5. The maximum Gasteiger partial charge on any atom is 0.416 e. The zero-order chi connectivity index (χ0) is 15.7. The fourth-order valence-electron chi connectivity index (χ4n) is 2.08. The van der Waals surface area contributed by atoms with Gasteiger partial charge in [0.1, 0.15) is 11.8 Å². The summed E-state index contributed by atoms with van der Waals surface area (Å²) in [5.41, 5.74) is 0.347. The number of halogens is 3. The second-order valence-electron chi connectivity index (χ2n) is 4.40. The number of nitrogens with zero attached hydrogens (tertiary/aromatic N) is 3. The summed E-state index contributed by atoms with van der Waals surface area (Å²) in [7, 11) is 0. The lowest BCUT2D eigenvalue weighted by atomic mass is 9.96. The van der Waals surface area contributed by atoms with E-state index in [-0.39, 0.29) is 17.0 Å². The third-order valence-electron chi connectivity index (χ3n) is 3.09. The molecular weight excluding hydrogens is 297 g/mol. The maximum atomic E-state index is 12.9. The van der Waals surface area contributed by atoms with Crippen molar-refractivity contribution in [2.24, 2.45) is 0 Å². The van der Waals surface area contributed by atoms with Gasteiger partial charge in [0.15, 0.2) is 5.69 Å². The first-order valence-corrected chi connectivity index (χ1v) is 6.06. The van der Waals surface area contributed by atoms with Crippen molar-refractivity contribution < 1.29 is 17.6 Å². The molecule has 1 N–H and O–H groups in total. The molecule has 22 heavy (non-hydrogen) atoms. The Hall–Kier alpha value is -3.08. The molecule has 0 aliphatic rings. The van der Waals surface area contributed by atoms with Gasteiger partial charge in [-0.1, -0.05) is 6.07 Å². The van der Waals surface area contributed by atoms with E-state index in [1.807, 2.05) is 0 Å². The Morgan fingerprint density at radius 1 is 1.14 bits per heavy atom. The number of rotatable bonds is 2. The Labute approximate surface area is 122 Å². The van der Waals surface area contributed by atoms with Crippen molar-refractivity contribution in [3.63, 3.8) is 0 Å². The number of benzene rings is 1. The Morgan fingerprint density at radius 3 is 2.59 bits per heavy atom. The summed E-state index contributed by atoms with van der Waals surface area (Å²) in [5.74, 6) is 0. The van der Waals surface area contributed by atoms with E-state index < -0.39 is 11.7 Å². The summed E-state index contributed by atoms with van der Waals surface area (Å²) in [4.78, 5) is 0. The van der Waals surface area contributed by atoms with Gasteiger partial charge in [-0.05, 0) is 23.8 Å². The number of hydrogen-bond acceptors (Lipinski definition) is 4. The van der Waals surface area contributed by atoms with E-state index >= 15 is 0 Å². The first-order valence-electron chi connectivity index (χ1n) is 6.06. The van der Waals surface area contributed by atoms with E-state index in [2.05, 4.69) is 15.4 Å². The van der Waals surface area contributed by atoms with Crippen molar-refractivity contribution >= 4 is 0 Å². The van der Waals surface area contributed by atoms with Crippen molar-refractivity contribution in [1.82, 2.24) is 15.4 Å². The highest BCUT2D eigenvalue weighted by Crippen LogP contribution is 2.38. The number of nitriles is 1. The number of nitrogens with one attached hydrogen (secondary N) is 1. The molecule has 0 amide bonds. The monoisotopic (exact) mass is 304 g/mol. The molecule has 0 saturated heterocycles. The third kappa shape index (κ3) is 2.33. The Kier molecular flexibility index (Phi) is 3.18. The van der Waals surface area contributed by atoms with Crippen LogP contribution in [0.4, 0.5) is 13.2 Å². The van der Waals surface area contributed by atoms with Crippen molar-refractivity contribution in [2.75, 3.05) is 0 Å². The fraction of sp³-hybridized carbons (Fsp3) is 0.0714. The molecule has 3 rings (SSSR count). The van der Waals surface area contributed by atoms with Crippen LogP contribution in [0, 0.1) is 11.3 Å². The maximum absolute atomic E-state index is 12.9. The minimum absolute atomic E-state index is 0.0600. The van der Waals surface area contributed by atoms with Crippen LogP contribution in [-0.4, -0.2) is 15.4 Å². The average molecular weight is 304 g/mol. The summed E-state index contributed by atoms with van der Waals surface area (Å²) in [6.07, 6.45) is -1.69. The van der Waals surface area contributed by atoms with Gasteiger partial charge in [0.2, 0.25) is 0 Å². The first kappa shape index (κ1) is 13.9. The van der Waals surface area contributed by atoms with Crippen LogP contribution in [0.2, 0.25) is 0 Å². The number of aromatic nitrogens is 3. The highest BCUT2D eigenvalue weighted by Gasteiger charge is 2.32. The van der Waals surface area contributed by atoms with Gasteiger partial charge in [-0.3, -0.25) is 0 Å². The standard InChI is InChI=1S/C14H7F3N4O/c15-14(16,17)9-1-2-10(8-3-4-22-7-8)11(5-9)13-12(6-18)19-21-20-13/h1-5,7H,(H,19,20,21). The lowest BCUT2D eigenvalue weighted by molar-refractivity contribution is -0.137. The number of alkyl halides is 3. The van der Waals surface area contributed by atoms with Gasteiger partial charge in [-0.25, -0.2) is 0 Å². The van der Waals surface area contributed by atoms with Gasteiger partial charge in [0.05, 0.1) is 18.1 Å². The minimum atomic E-state index is -4.50. The molecule has 0 unspecified atom stereocenters. The normalized spacial score (nSPS) is 11.4. The van der Waals surface area contributed by atoms with Gasteiger partial charge >= 0.3 is 6.18 Å². The van der Waals surface area contributed by atoms with Gasteiger partial charge in [0, 0.05) is 11.1 Å². The zero-order valence-electron chi connectivity index (χ0n) is 10.8. The molecule has 3 aromatic rings. The largest absolute Gasteiger partial charge is 0.472 e. The number of H-pyrrole nitrogens is 1. The molecule has 2 heterocycles. The lowest BCUT2D eigenvalue weighted by Gasteiger charge is -2.11. The van der Waals surface area contributed by atoms with E-state index in [1.54, 1.807) is 12.1 Å². The van der Waals surface area contributed by atoms with E-state index in [4.69, 9.17) is 9.68 Å². The van der Waals surface area contributed by atoms with Gasteiger partial charge < -0.3 is 4.42 Å². The molecular formula is C14H7F3N4O. The quantitative estimate of drug-likeness (QED) is 0.784. The third-order valence-corrected chi connectivity index (χ3v) is 3.09. The summed E-state index contributed by atoms with van der Waals surface area (Å²) < 4.78 is 43.8. The van der Waals surface area contributed by atoms with Crippen LogP contribution >= 0.6 is 0 Å². The molecule has 110 valence electrons. The highest BCUT2D eigenvalue weighted by atomic mass is 19.4. The fourth-order valence-corrected chi connectivity index (χ4v) is 2.08. The van der Waals surface area contributed by atoms with E-state index in [9.17, 15) is 13.2 Å². The average Bonchev–Trinajstić information content (AvgIpc) is 3.16. The summed E-state index contributed by atoms with van der Waals surface area (Å²) in [5, 5.41) is 18.7.